The van der Waals surface area contributed by atoms with Crippen molar-refractivity contribution in [3.63, 3.8) is 0 Å². The van der Waals surface area contributed by atoms with Gasteiger partial charge in [0.25, 0.3) is 5.91 Å². The summed E-state index contributed by atoms with van der Waals surface area (Å²) in [4.78, 5) is 14.5. The van der Waals surface area contributed by atoms with Crippen molar-refractivity contribution in [2.75, 3.05) is 6.54 Å². The maximum atomic E-state index is 12.6. The largest absolute Gasteiger partial charge is 0.383 e. The Kier molecular flexibility index (Phi) is 4.77. The summed E-state index contributed by atoms with van der Waals surface area (Å²) in [6, 6.07) is 20.2. The van der Waals surface area contributed by atoms with Gasteiger partial charge >= 0.3 is 0 Å². The number of benzene rings is 2. The predicted molar refractivity (Wildman–Crippen MR) is 91.1 cm³/mol. The molecule has 2 unspecified atom stereocenters. The van der Waals surface area contributed by atoms with Gasteiger partial charge in [-0.3, -0.25) is 4.79 Å². The number of aliphatic hydroxyl groups is 1. The molecule has 23 heavy (non-hydrogen) atoms. The average Bonchev–Trinajstić information content (AvgIpc) is 2.97. The summed E-state index contributed by atoms with van der Waals surface area (Å²) < 4.78 is 0. The average molecular weight is 309 g/mol. The molecule has 0 bridgehead atoms. The van der Waals surface area contributed by atoms with E-state index in [4.69, 9.17) is 0 Å². The van der Waals surface area contributed by atoms with Gasteiger partial charge in [-0.25, -0.2) is 0 Å². The smallest absolute Gasteiger partial charge is 0.252 e. The maximum absolute atomic E-state index is 12.6. The Morgan fingerprint density at radius 2 is 1.74 bits per heavy atom. The minimum atomic E-state index is -0.964. The second-order valence-electron chi connectivity index (χ2n) is 6.39. The van der Waals surface area contributed by atoms with E-state index in [1.54, 1.807) is 0 Å². The molecule has 3 heteroatoms. The van der Waals surface area contributed by atoms with Gasteiger partial charge in [0.15, 0.2) is 0 Å². The van der Waals surface area contributed by atoms with Crippen LogP contribution in [-0.2, 0) is 11.2 Å². The van der Waals surface area contributed by atoms with E-state index in [1.807, 2.05) is 53.4 Å². The van der Waals surface area contributed by atoms with Crippen molar-refractivity contribution in [2.24, 2.45) is 0 Å². The lowest BCUT2D eigenvalue weighted by molar-refractivity contribution is -0.140. The highest BCUT2D eigenvalue weighted by Gasteiger charge is 2.35. The summed E-state index contributed by atoms with van der Waals surface area (Å²) in [7, 11) is 0. The first kappa shape index (κ1) is 15.8. The second-order valence-corrected chi connectivity index (χ2v) is 6.39. The van der Waals surface area contributed by atoms with E-state index in [1.165, 1.54) is 5.56 Å². The number of carbonyl (C=O) groups excluding carboxylic acids is 1. The minimum absolute atomic E-state index is 0.153. The van der Waals surface area contributed by atoms with Gasteiger partial charge < -0.3 is 10.0 Å². The molecule has 1 aliphatic heterocycles. The lowest BCUT2D eigenvalue weighted by Crippen LogP contribution is -2.42. The Balaban J connectivity index is 1.65. The van der Waals surface area contributed by atoms with Gasteiger partial charge in [0.05, 0.1) is 0 Å². The van der Waals surface area contributed by atoms with Gasteiger partial charge in [0.2, 0.25) is 0 Å². The minimum Gasteiger partial charge on any atom is -0.383 e. The van der Waals surface area contributed by atoms with Gasteiger partial charge in [-0.15, -0.1) is 0 Å². The molecule has 3 rings (SSSR count). The molecule has 1 N–H and O–H groups in total. The van der Waals surface area contributed by atoms with Crippen molar-refractivity contribution in [3.05, 3.63) is 71.8 Å². The summed E-state index contributed by atoms with van der Waals surface area (Å²) in [6.07, 6.45) is 0.363. The third-order valence-corrected chi connectivity index (χ3v) is 4.69. The number of nitrogens with zero attached hydrogens (tertiary/aromatic N) is 1. The van der Waals surface area contributed by atoms with Crippen LogP contribution in [0.25, 0.3) is 0 Å². The summed E-state index contributed by atoms with van der Waals surface area (Å²) in [5.41, 5.74) is 2.26. The Hall–Kier alpha value is -2.13. The third kappa shape index (κ3) is 3.62. The van der Waals surface area contributed by atoms with Crippen molar-refractivity contribution in [1.82, 2.24) is 4.90 Å². The fourth-order valence-electron chi connectivity index (χ4n) is 3.42. The van der Waals surface area contributed by atoms with Crippen molar-refractivity contribution in [3.8, 4) is 0 Å². The number of hydrogen-bond donors (Lipinski definition) is 1. The quantitative estimate of drug-likeness (QED) is 0.943. The molecule has 1 heterocycles. The van der Waals surface area contributed by atoms with E-state index >= 15 is 0 Å². The Morgan fingerprint density at radius 3 is 2.39 bits per heavy atom. The van der Waals surface area contributed by atoms with E-state index < -0.39 is 6.10 Å². The van der Waals surface area contributed by atoms with Crippen LogP contribution in [0.4, 0.5) is 0 Å². The molecule has 3 atom stereocenters. The molecule has 0 spiro atoms. The summed E-state index contributed by atoms with van der Waals surface area (Å²) in [5.74, 6) is 0.207. The van der Waals surface area contributed by atoms with Crippen LogP contribution in [0, 0.1) is 0 Å². The van der Waals surface area contributed by atoms with Crippen molar-refractivity contribution >= 4 is 5.91 Å². The number of rotatable bonds is 4. The Bertz CT molecular complexity index is 641. The van der Waals surface area contributed by atoms with E-state index in [2.05, 4.69) is 19.1 Å². The van der Waals surface area contributed by atoms with Crippen LogP contribution in [0.3, 0.4) is 0 Å². The van der Waals surface area contributed by atoms with Crippen LogP contribution in [0.5, 0.6) is 0 Å². The number of aliphatic hydroxyl groups excluding tert-OH is 1. The first-order chi connectivity index (χ1) is 11.1. The predicted octanol–water partition coefficient (Wildman–Crippen LogP) is 2.99. The lowest BCUT2D eigenvalue weighted by atomic mass is 9.97. The van der Waals surface area contributed by atoms with Gasteiger partial charge in [0, 0.05) is 24.9 Å². The van der Waals surface area contributed by atoms with E-state index in [9.17, 15) is 9.90 Å². The Labute approximate surface area is 137 Å². The zero-order valence-corrected chi connectivity index (χ0v) is 13.4. The molecule has 3 nitrogen and oxygen atoms in total. The van der Waals surface area contributed by atoms with Crippen LogP contribution in [0.1, 0.15) is 30.4 Å². The topological polar surface area (TPSA) is 40.5 Å². The third-order valence-electron chi connectivity index (χ3n) is 4.69. The first-order valence-corrected chi connectivity index (χ1v) is 8.22. The molecule has 1 fully saturated rings. The molecule has 2 aromatic carbocycles. The second kappa shape index (κ2) is 6.97. The highest BCUT2D eigenvalue weighted by Crippen LogP contribution is 2.32. The summed E-state index contributed by atoms with van der Waals surface area (Å²) in [6.45, 7) is 2.76. The highest BCUT2D eigenvalue weighted by molar-refractivity contribution is 5.81. The first-order valence-electron chi connectivity index (χ1n) is 8.22. The van der Waals surface area contributed by atoms with Gasteiger partial charge in [-0.05, 0) is 24.5 Å². The molecule has 1 aliphatic rings. The van der Waals surface area contributed by atoms with Gasteiger partial charge in [0.1, 0.15) is 6.10 Å². The highest BCUT2D eigenvalue weighted by atomic mass is 16.3. The zero-order chi connectivity index (χ0) is 16.2. The van der Waals surface area contributed by atoms with E-state index in [0.717, 1.165) is 12.0 Å². The summed E-state index contributed by atoms with van der Waals surface area (Å²) >= 11 is 0. The zero-order valence-electron chi connectivity index (χ0n) is 13.4. The number of carbonyl (C=O) groups is 1. The standard InChI is InChI=1S/C20H23NO2/c1-15-12-18(17-10-6-3-7-11-17)14-21(15)20(23)19(22)13-16-8-4-2-5-9-16/h2-11,15,18-19,22H,12-14H2,1H3/t15?,18?,19-/m0/s1. The van der Waals surface area contributed by atoms with Crippen LogP contribution in [0.2, 0.25) is 0 Å². The van der Waals surface area contributed by atoms with Crippen molar-refractivity contribution < 1.29 is 9.90 Å². The molecular weight excluding hydrogens is 286 g/mol. The molecule has 1 saturated heterocycles. The molecule has 1 amide bonds. The van der Waals surface area contributed by atoms with Crippen LogP contribution >= 0.6 is 0 Å². The molecule has 0 radical (unpaired) electrons. The number of amides is 1. The molecule has 0 saturated carbocycles. The summed E-state index contributed by atoms with van der Waals surface area (Å²) in [5, 5.41) is 10.3. The molecular formula is C20H23NO2. The van der Waals surface area contributed by atoms with E-state index in [-0.39, 0.29) is 11.9 Å². The normalized spacial score (nSPS) is 22.1. The number of hydrogen-bond acceptors (Lipinski definition) is 2. The maximum Gasteiger partial charge on any atom is 0.252 e. The van der Waals surface area contributed by atoms with Gasteiger partial charge in [-0.1, -0.05) is 60.7 Å². The van der Waals surface area contributed by atoms with Crippen molar-refractivity contribution in [1.29, 1.82) is 0 Å². The Morgan fingerprint density at radius 1 is 1.13 bits per heavy atom. The van der Waals surface area contributed by atoms with Crippen LogP contribution < -0.4 is 0 Å². The van der Waals surface area contributed by atoms with Gasteiger partial charge in [-0.2, -0.15) is 0 Å². The fraction of sp³-hybridized carbons (Fsp3) is 0.350. The SMILES string of the molecule is CC1CC(c2ccccc2)CN1C(=O)[C@@H](O)Cc1ccccc1. The lowest BCUT2D eigenvalue weighted by Gasteiger charge is -2.24. The van der Waals surface area contributed by atoms with Crippen molar-refractivity contribution in [2.45, 2.75) is 37.8 Å². The molecule has 120 valence electrons. The monoisotopic (exact) mass is 309 g/mol. The molecule has 2 aromatic rings. The van der Waals surface area contributed by atoms with Crippen LogP contribution in [0.15, 0.2) is 60.7 Å². The molecule has 0 aromatic heterocycles. The van der Waals surface area contributed by atoms with Crippen LogP contribution in [-0.4, -0.2) is 34.6 Å². The number of likely N-dealkylation sites (tertiary alicyclic amines) is 1. The fourth-order valence-corrected chi connectivity index (χ4v) is 3.42. The molecule has 0 aliphatic carbocycles. The van der Waals surface area contributed by atoms with E-state index in [0.29, 0.717) is 18.9 Å².